The maximum atomic E-state index is 13.1. The number of sulfonamides is 1. The van der Waals surface area contributed by atoms with E-state index in [0.717, 1.165) is 44.9 Å². The number of likely N-dealkylation sites (tertiary alicyclic amines) is 1. The van der Waals surface area contributed by atoms with Crippen LogP contribution in [0.3, 0.4) is 0 Å². The van der Waals surface area contributed by atoms with Crippen molar-refractivity contribution >= 4 is 40.0 Å². The molecule has 0 atom stereocenters. The third-order valence-corrected chi connectivity index (χ3v) is 7.57. The number of piperazine rings is 1. The molecule has 0 amide bonds. The first-order valence-corrected chi connectivity index (χ1v) is 11.1. The molecule has 3 rings (SSSR count). The molecule has 0 saturated carbocycles. The van der Waals surface area contributed by atoms with Gasteiger partial charge in [-0.1, -0.05) is 25.1 Å². The summed E-state index contributed by atoms with van der Waals surface area (Å²) in [6.45, 7) is 6.90. The highest BCUT2D eigenvalue weighted by atomic mass is 127. The number of benzene rings is 1. The SMILES string of the molecule is CC1CCN(C(N)=NCc2ccccc2S(=O)(=O)N2CCN(C)CC2)CC1.I. The van der Waals surface area contributed by atoms with Crippen LogP contribution in [0.4, 0.5) is 0 Å². The molecule has 1 aromatic carbocycles. The van der Waals surface area contributed by atoms with Crippen LogP contribution in [0.15, 0.2) is 34.2 Å². The molecule has 0 aromatic heterocycles. The van der Waals surface area contributed by atoms with Crippen LogP contribution in [0.25, 0.3) is 0 Å². The minimum Gasteiger partial charge on any atom is -0.370 e. The molecule has 158 valence electrons. The Morgan fingerprint density at radius 3 is 2.36 bits per heavy atom. The van der Waals surface area contributed by atoms with Crippen LogP contribution in [0, 0.1) is 5.92 Å². The number of guanidine groups is 1. The summed E-state index contributed by atoms with van der Waals surface area (Å²) in [5, 5.41) is 0. The summed E-state index contributed by atoms with van der Waals surface area (Å²) in [6, 6.07) is 7.13. The Labute approximate surface area is 186 Å². The zero-order chi connectivity index (χ0) is 19.4. The number of piperidine rings is 1. The van der Waals surface area contributed by atoms with Crippen LogP contribution in [0.5, 0.6) is 0 Å². The van der Waals surface area contributed by atoms with E-state index < -0.39 is 10.0 Å². The third-order valence-electron chi connectivity index (χ3n) is 5.57. The molecule has 2 fully saturated rings. The number of aliphatic imine (C=N–C) groups is 1. The second-order valence-electron chi connectivity index (χ2n) is 7.66. The fourth-order valence-electron chi connectivity index (χ4n) is 3.56. The first-order chi connectivity index (χ1) is 12.9. The molecule has 0 spiro atoms. The lowest BCUT2D eigenvalue weighted by Gasteiger charge is -2.32. The van der Waals surface area contributed by atoms with Crippen LogP contribution < -0.4 is 5.73 Å². The number of likely N-dealkylation sites (N-methyl/N-ethyl adjacent to an activating group) is 1. The second-order valence-corrected chi connectivity index (χ2v) is 9.57. The van der Waals surface area contributed by atoms with E-state index in [1.54, 1.807) is 16.4 Å². The van der Waals surface area contributed by atoms with Crippen molar-refractivity contribution in [1.82, 2.24) is 14.1 Å². The fraction of sp³-hybridized carbons (Fsp3) is 0.632. The summed E-state index contributed by atoms with van der Waals surface area (Å²) in [7, 11) is -1.50. The Hall–Kier alpha value is -0.910. The smallest absolute Gasteiger partial charge is 0.243 e. The van der Waals surface area contributed by atoms with E-state index >= 15 is 0 Å². The lowest BCUT2D eigenvalue weighted by molar-refractivity contribution is 0.222. The normalized spacial score (nSPS) is 20.8. The molecule has 0 radical (unpaired) electrons. The van der Waals surface area contributed by atoms with E-state index in [1.807, 2.05) is 19.2 Å². The molecular weight excluding hydrogens is 489 g/mol. The molecular formula is C19H32IN5O2S. The zero-order valence-electron chi connectivity index (χ0n) is 16.7. The molecule has 0 aliphatic carbocycles. The standard InChI is InChI=1S/C19H31N5O2S.HI/c1-16-7-9-23(10-8-16)19(20)21-15-17-5-3-4-6-18(17)27(25,26)24-13-11-22(2)12-14-24;/h3-6,16H,7-15H2,1-2H3,(H2,20,21);1H. The summed E-state index contributed by atoms with van der Waals surface area (Å²) in [4.78, 5) is 9.09. The van der Waals surface area contributed by atoms with Gasteiger partial charge in [-0.05, 0) is 37.4 Å². The molecule has 0 bridgehead atoms. The Kier molecular flexibility index (Phi) is 8.53. The number of hydrogen-bond donors (Lipinski definition) is 1. The highest BCUT2D eigenvalue weighted by Crippen LogP contribution is 2.22. The summed E-state index contributed by atoms with van der Waals surface area (Å²) in [5.74, 6) is 1.23. The monoisotopic (exact) mass is 521 g/mol. The van der Waals surface area contributed by atoms with E-state index in [9.17, 15) is 8.42 Å². The van der Waals surface area contributed by atoms with Gasteiger partial charge in [0.15, 0.2) is 5.96 Å². The van der Waals surface area contributed by atoms with Crippen molar-refractivity contribution < 1.29 is 8.42 Å². The minimum atomic E-state index is -3.51. The van der Waals surface area contributed by atoms with E-state index in [4.69, 9.17) is 5.73 Å². The highest BCUT2D eigenvalue weighted by Gasteiger charge is 2.29. The van der Waals surface area contributed by atoms with E-state index in [-0.39, 0.29) is 30.5 Å². The average Bonchev–Trinajstić information content (AvgIpc) is 2.67. The molecule has 2 N–H and O–H groups in total. The molecule has 28 heavy (non-hydrogen) atoms. The van der Waals surface area contributed by atoms with Crippen molar-refractivity contribution in [2.45, 2.75) is 31.2 Å². The van der Waals surface area contributed by atoms with Crippen LogP contribution in [0.1, 0.15) is 25.3 Å². The molecule has 2 aliphatic heterocycles. The van der Waals surface area contributed by atoms with Gasteiger partial charge in [-0.25, -0.2) is 13.4 Å². The van der Waals surface area contributed by atoms with Gasteiger partial charge in [0.05, 0.1) is 11.4 Å². The number of halogens is 1. The van der Waals surface area contributed by atoms with Crippen molar-refractivity contribution in [2.24, 2.45) is 16.6 Å². The quantitative estimate of drug-likeness (QED) is 0.371. The first-order valence-electron chi connectivity index (χ1n) is 9.69. The number of hydrogen-bond acceptors (Lipinski definition) is 4. The summed E-state index contributed by atoms with van der Waals surface area (Å²) >= 11 is 0. The van der Waals surface area contributed by atoms with E-state index in [2.05, 4.69) is 21.7 Å². The van der Waals surface area contributed by atoms with Gasteiger partial charge in [0.25, 0.3) is 0 Å². The lowest BCUT2D eigenvalue weighted by Crippen LogP contribution is -2.47. The molecule has 2 aliphatic rings. The zero-order valence-corrected chi connectivity index (χ0v) is 19.9. The predicted molar refractivity (Wildman–Crippen MR) is 123 cm³/mol. The van der Waals surface area contributed by atoms with Gasteiger partial charge in [0.1, 0.15) is 0 Å². The van der Waals surface area contributed by atoms with Crippen LogP contribution in [-0.2, 0) is 16.6 Å². The molecule has 7 nitrogen and oxygen atoms in total. The lowest BCUT2D eigenvalue weighted by atomic mass is 10.00. The average molecular weight is 521 g/mol. The molecule has 9 heteroatoms. The summed E-state index contributed by atoms with van der Waals surface area (Å²) in [6.07, 6.45) is 2.23. The Balaban J connectivity index is 0.00000280. The first kappa shape index (κ1) is 23.4. The highest BCUT2D eigenvalue weighted by molar-refractivity contribution is 14.0. The third kappa shape index (κ3) is 5.58. The number of nitrogens with two attached hydrogens (primary N) is 1. The van der Waals surface area contributed by atoms with Crippen LogP contribution in [-0.4, -0.2) is 74.8 Å². The Morgan fingerprint density at radius 1 is 1.11 bits per heavy atom. The van der Waals surface area contributed by atoms with E-state index in [0.29, 0.717) is 29.5 Å². The van der Waals surface area contributed by atoms with Gasteiger partial charge < -0.3 is 15.5 Å². The van der Waals surface area contributed by atoms with Crippen molar-refractivity contribution in [3.8, 4) is 0 Å². The minimum absolute atomic E-state index is 0. The second kappa shape index (κ2) is 10.2. The molecule has 2 saturated heterocycles. The summed E-state index contributed by atoms with van der Waals surface area (Å²) < 4.78 is 27.8. The largest absolute Gasteiger partial charge is 0.370 e. The van der Waals surface area contributed by atoms with E-state index in [1.165, 1.54) is 0 Å². The van der Waals surface area contributed by atoms with Gasteiger partial charge >= 0.3 is 0 Å². The molecule has 2 heterocycles. The maximum absolute atomic E-state index is 13.1. The van der Waals surface area contributed by atoms with Crippen molar-refractivity contribution in [3.05, 3.63) is 29.8 Å². The topological polar surface area (TPSA) is 82.2 Å². The van der Waals surface area contributed by atoms with Gasteiger partial charge in [-0.3, -0.25) is 0 Å². The van der Waals surface area contributed by atoms with Crippen molar-refractivity contribution in [2.75, 3.05) is 46.3 Å². The van der Waals surface area contributed by atoms with Gasteiger partial charge in [0.2, 0.25) is 10.0 Å². The van der Waals surface area contributed by atoms with Crippen LogP contribution in [0.2, 0.25) is 0 Å². The van der Waals surface area contributed by atoms with Crippen molar-refractivity contribution in [1.29, 1.82) is 0 Å². The molecule has 1 aromatic rings. The fourth-order valence-corrected chi connectivity index (χ4v) is 5.19. The number of rotatable bonds is 4. The predicted octanol–water partition coefficient (Wildman–Crippen LogP) is 1.79. The van der Waals surface area contributed by atoms with Crippen molar-refractivity contribution in [3.63, 3.8) is 0 Å². The summed E-state index contributed by atoms with van der Waals surface area (Å²) in [5.41, 5.74) is 6.87. The molecule has 0 unspecified atom stereocenters. The van der Waals surface area contributed by atoms with Gasteiger partial charge in [0, 0.05) is 39.3 Å². The Bertz CT molecular complexity index is 770. The number of nitrogens with zero attached hydrogens (tertiary/aromatic N) is 4. The Morgan fingerprint density at radius 2 is 1.71 bits per heavy atom. The van der Waals surface area contributed by atoms with Gasteiger partial charge in [-0.2, -0.15) is 4.31 Å². The van der Waals surface area contributed by atoms with Crippen LogP contribution >= 0.6 is 24.0 Å². The maximum Gasteiger partial charge on any atom is 0.243 e. The van der Waals surface area contributed by atoms with Gasteiger partial charge in [-0.15, -0.1) is 24.0 Å².